The normalized spacial score (nSPS) is 11.8. The predicted molar refractivity (Wildman–Crippen MR) is 58.5 cm³/mol. The van der Waals surface area contributed by atoms with Gasteiger partial charge in [0.15, 0.2) is 0 Å². The molecule has 0 N–H and O–H groups in total. The van der Waals surface area contributed by atoms with Crippen molar-refractivity contribution in [3.63, 3.8) is 0 Å². The van der Waals surface area contributed by atoms with Crippen molar-refractivity contribution < 1.29 is 13.2 Å². The molecule has 0 amide bonds. The zero-order valence-electron chi connectivity index (χ0n) is 8.00. The van der Waals surface area contributed by atoms with Crippen molar-refractivity contribution in [2.24, 2.45) is 0 Å². The van der Waals surface area contributed by atoms with Crippen LogP contribution in [0.5, 0.6) is 0 Å². The third kappa shape index (κ3) is 2.14. The monoisotopic (exact) mass is 289 g/mol. The summed E-state index contributed by atoms with van der Waals surface area (Å²) in [6, 6.07) is 7.08. The van der Waals surface area contributed by atoms with Crippen LogP contribution in [-0.4, -0.2) is 4.57 Å². The van der Waals surface area contributed by atoms with Crippen molar-refractivity contribution >= 4 is 15.9 Å². The highest BCUT2D eigenvalue weighted by atomic mass is 79.9. The van der Waals surface area contributed by atoms with Gasteiger partial charge in [0.1, 0.15) is 0 Å². The second kappa shape index (κ2) is 3.97. The number of rotatable bonds is 1. The van der Waals surface area contributed by atoms with Crippen molar-refractivity contribution in [3.8, 4) is 5.69 Å². The Kier molecular flexibility index (Phi) is 2.80. The molecule has 1 nitrogen and oxygen atoms in total. The first-order chi connectivity index (χ1) is 7.48. The summed E-state index contributed by atoms with van der Waals surface area (Å²) in [4.78, 5) is 0. The molecule has 84 valence electrons. The Balaban J connectivity index is 2.54. The van der Waals surface area contributed by atoms with E-state index in [1.807, 2.05) is 0 Å². The van der Waals surface area contributed by atoms with E-state index in [9.17, 15) is 13.2 Å². The van der Waals surface area contributed by atoms with E-state index in [2.05, 4.69) is 15.9 Å². The highest BCUT2D eigenvalue weighted by Gasteiger charge is 2.30. The van der Waals surface area contributed by atoms with E-state index in [0.29, 0.717) is 10.2 Å². The van der Waals surface area contributed by atoms with E-state index in [0.717, 1.165) is 12.1 Å². The molecule has 0 radical (unpaired) electrons. The summed E-state index contributed by atoms with van der Waals surface area (Å²) < 4.78 is 39.8. The summed E-state index contributed by atoms with van der Waals surface area (Å²) in [7, 11) is 0. The number of hydrogen-bond donors (Lipinski definition) is 0. The fraction of sp³-hybridized carbons (Fsp3) is 0.0909. The lowest BCUT2D eigenvalue weighted by Gasteiger charge is -2.11. The molecule has 0 atom stereocenters. The zero-order valence-corrected chi connectivity index (χ0v) is 9.59. The second-order valence-electron chi connectivity index (χ2n) is 3.25. The number of benzene rings is 1. The van der Waals surface area contributed by atoms with E-state index in [1.54, 1.807) is 29.1 Å². The predicted octanol–water partition coefficient (Wildman–Crippen LogP) is 4.26. The Labute approximate surface area is 98.6 Å². The summed E-state index contributed by atoms with van der Waals surface area (Å²) in [6.45, 7) is 0. The molecule has 1 aromatic carbocycles. The minimum Gasteiger partial charge on any atom is -0.323 e. The number of alkyl halides is 3. The van der Waals surface area contributed by atoms with Gasteiger partial charge in [0.25, 0.3) is 0 Å². The van der Waals surface area contributed by atoms with Gasteiger partial charge in [-0.05, 0) is 46.3 Å². The zero-order chi connectivity index (χ0) is 11.8. The first kappa shape index (κ1) is 11.3. The molecule has 0 aliphatic rings. The van der Waals surface area contributed by atoms with Crippen LogP contribution >= 0.6 is 15.9 Å². The topological polar surface area (TPSA) is 4.93 Å². The minimum absolute atomic E-state index is 0.472. The van der Waals surface area contributed by atoms with Crippen molar-refractivity contribution in [2.45, 2.75) is 6.18 Å². The first-order valence-corrected chi connectivity index (χ1v) is 5.28. The lowest BCUT2D eigenvalue weighted by atomic mass is 10.2. The third-order valence-electron chi connectivity index (χ3n) is 2.16. The molecule has 1 heterocycles. The molecular weight excluding hydrogens is 283 g/mol. The minimum atomic E-state index is -4.32. The highest BCUT2D eigenvalue weighted by Crippen LogP contribution is 2.33. The van der Waals surface area contributed by atoms with Crippen LogP contribution in [0.2, 0.25) is 0 Å². The molecule has 0 spiro atoms. The fourth-order valence-corrected chi connectivity index (χ4v) is 1.83. The van der Waals surface area contributed by atoms with Crippen LogP contribution in [0, 0.1) is 0 Å². The Hall–Kier alpha value is -1.23. The Morgan fingerprint density at radius 3 is 2.25 bits per heavy atom. The number of nitrogens with zero attached hydrogens (tertiary/aromatic N) is 1. The van der Waals surface area contributed by atoms with Gasteiger partial charge in [-0.25, -0.2) is 0 Å². The van der Waals surface area contributed by atoms with Crippen LogP contribution in [-0.2, 0) is 6.18 Å². The molecule has 0 saturated heterocycles. The fourth-order valence-electron chi connectivity index (χ4n) is 1.38. The molecule has 0 unspecified atom stereocenters. The van der Waals surface area contributed by atoms with Crippen LogP contribution < -0.4 is 0 Å². The number of halogens is 4. The standard InChI is InChI=1S/C11H7BrF3N/c12-9-4-3-8(11(13,14)15)7-10(9)16-5-1-2-6-16/h1-7H. The average Bonchev–Trinajstić information content (AvgIpc) is 2.69. The molecule has 0 saturated carbocycles. The van der Waals surface area contributed by atoms with Gasteiger partial charge >= 0.3 is 6.18 Å². The molecule has 0 aliphatic heterocycles. The molecule has 0 bridgehead atoms. The second-order valence-corrected chi connectivity index (χ2v) is 4.11. The molecule has 2 aromatic rings. The summed E-state index contributed by atoms with van der Waals surface area (Å²) in [6.07, 6.45) is -0.927. The van der Waals surface area contributed by atoms with Gasteiger partial charge in [-0.2, -0.15) is 13.2 Å². The van der Waals surface area contributed by atoms with Crippen LogP contribution in [0.15, 0.2) is 47.2 Å². The summed E-state index contributed by atoms with van der Waals surface area (Å²) in [5.41, 5.74) is -0.181. The first-order valence-electron chi connectivity index (χ1n) is 4.48. The largest absolute Gasteiger partial charge is 0.416 e. The lowest BCUT2D eigenvalue weighted by Crippen LogP contribution is -2.06. The maximum Gasteiger partial charge on any atom is 0.416 e. The summed E-state index contributed by atoms with van der Waals surface area (Å²) in [5, 5.41) is 0. The van der Waals surface area contributed by atoms with Crippen LogP contribution in [0.1, 0.15) is 5.56 Å². The molecule has 0 fully saturated rings. The summed E-state index contributed by atoms with van der Waals surface area (Å²) in [5.74, 6) is 0. The van der Waals surface area contributed by atoms with Crippen LogP contribution in [0.25, 0.3) is 5.69 Å². The van der Waals surface area contributed by atoms with Gasteiger partial charge in [-0.1, -0.05) is 0 Å². The van der Waals surface area contributed by atoms with E-state index in [-0.39, 0.29) is 0 Å². The van der Waals surface area contributed by atoms with Crippen molar-refractivity contribution in [2.75, 3.05) is 0 Å². The quantitative estimate of drug-likeness (QED) is 0.739. The SMILES string of the molecule is FC(F)(F)c1ccc(Br)c(-n2cccc2)c1. The number of aromatic nitrogens is 1. The van der Waals surface area contributed by atoms with E-state index in [4.69, 9.17) is 0 Å². The molecule has 1 aromatic heterocycles. The molecule has 0 aliphatic carbocycles. The number of hydrogen-bond acceptors (Lipinski definition) is 0. The average molecular weight is 290 g/mol. The maximum atomic E-state index is 12.5. The van der Waals surface area contributed by atoms with Gasteiger partial charge in [0.2, 0.25) is 0 Å². The summed E-state index contributed by atoms with van der Waals surface area (Å²) >= 11 is 3.23. The van der Waals surface area contributed by atoms with E-state index < -0.39 is 11.7 Å². The molecule has 2 rings (SSSR count). The van der Waals surface area contributed by atoms with Crippen LogP contribution in [0.4, 0.5) is 13.2 Å². The third-order valence-corrected chi connectivity index (χ3v) is 2.83. The molecule has 16 heavy (non-hydrogen) atoms. The van der Waals surface area contributed by atoms with E-state index in [1.165, 1.54) is 6.07 Å². The Morgan fingerprint density at radius 1 is 1.06 bits per heavy atom. The molecular formula is C11H7BrF3N. The van der Waals surface area contributed by atoms with Gasteiger partial charge in [-0.3, -0.25) is 0 Å². The van der Waals surface area contributed by atoms with Gasteiger partial charge in [0, 0.05) is 16.9 Å². The van der Waals surface area contributed by atoms with Crippen molar-refractivity contribution in [1.82, 2.24) is 4.57 Å². The van der Waals surface area contributed by atoms with Crippen LogP contribution in [0.3, 0.4) is 0 Å². The van der Waals surface area contributed by atoms with E-state index >= 15 is 0 Å². The maximum absolute atomic E-state index is 12.5. The Bertz CT molecular complexity index is 488. The van der Waals surface area contributed by atoms with Gasteiger partial charge in [-0.15, -0.1) is 0 Å². The van der Waals surface area contributed by atoms with Gasteiger partial charge in [0.05, 0.1) is 11.3 Å². The lowest BCUT2D eigenvalue weighted by molar-refractivity contribution is -0.137. The smallest absolute Gasteiger partial charge is 0.323 e. The highest BCUT2D eigenvalue weighted by molar-refractivity contribution is 9.10. The van der Waals surface area contributed by atoms with Gasteiger partial charge < -0.3 is 4.57 Å². The Morgan fingerprint density at radius 2 is 1.69 bits per heavy atom. The van der Waals surface area contributed by atoms with Crippen molar-refractivity contribution in [3.05, 3.63) is 52.8 Å². The molecule has 5 heteroatoms. The van der Waals surface area contributed by atoms with Crippen molar-refractivity contribution in [1.29, 1.82) is 0 Å².